The molecule has 1 fully saturated rings. The van der Waals surface area contributed by atoms with Gasteiger partial charge in [-0.15, -0.1) is 0 Å². The van der Waals surface area contributed by atoms with E-state index in [1.807, 2.05) is 0 Å². The highest BCUT2D eigenvalue weighted by Crippen LogP contribution is 2.26. The maximum atomic E-state index is 11.5. The van der Waals surface area contributed by atoms with Crippen LogP contribution in [0.4, 0.5) is 4.79 Å². The van der Waals surface area contributed by atoms with Gasteiger partial charge in [0.1, 0.15) is 5.84 Å². The van der Waals surface area contributed by atoms with Crippen molar-refractivity contribution in [2.75, 3.05) is 6.61 Å². The number of carbonyl (C=O) groups is 1. The van der Waals surface area contributed by atoms with E-state index < -0.39 is 11.6 Å². The molecule has 0 aliphatic heterocycles. The summed E-state index contributed by atoms with van der Waals surface area (Å²) in [6, 6.07) is 0. The Morgan fingerprint density at radius 3 is 2.29 bits per heavy atom. The Bertz CT molecular complexity index is 271. The van der Waals surface area contributed by atoms with Crippen LogP contribution in [-0.4, -0.2) is 24.1 Å². The molecule has 1 aliphatic rings. The van der Waals surface area contributed by atoms with Gasteiger partial charge in [-0.25, -0.2) is 4.79 Å². The highest BCUT2D eigenvalue weighted by atomic mass is 16.5. The van der Waals surface area contributed by atoms with Crippen molar-refractivity contribution in [1.29, 1.82) is 5.41 Å². The van der Waals surface area contributed by atoms with E-state index in [0.29, 0.717) is 6.61 Å². The number of nitrogens with one attached hydrogen (secondary N) is 2. The summed E-state index contributed by atoms with van der Waals surface area (Å²) in [5.41, 5.74) is 4.99. The van der Waals surface area contributed by atoms with Crippen molar-refractivity contribution in [1.82, 2.24) is 5.32 Å². The van der Waals surface area contributed by atoms with Gasteiger partial charge in [0.2, 0.25) is 0 Å². The Kier molecular flexibility index (Phi) is 5.25. The third-order valence-electron chi connectivity index (χ3n) is 3.34. The van der Waals surface area contributed by atoms with Crippen LogP contribution in [-0.2, 0) is 4.74 Å². The normalized spacial score (nSPS) is 19.8. The summed E-state index contributed by atoms with van der Waals surface area (Å²) in [6.07, 6.45) is 6.50. The quantitative estimate of drug-likeness (QED) is 0.522. The van der Waals surface area contributed by atoms with Gasteiger partial charge in [-0.3, -0.25) is 5.41 Å². The molecule has 1 saturated carbocycles. The fourth-order valence-electron chi connectivity index (χ4n) is 2.33. The highest BCUT2D eigenvalue weighted by Gasteiger charge is 2.35. The van der Waals surface area contributed by atoms with Crippen LogP contribution in [0, 0.1) is 5.41 Å². The van der Waals surface area contributed by atoms with Crippen LogP contribution in [0.5, 0.6) is 0 Å². The van der Waals surface area contributed by atoms with Gasteiger partial charge in [-0.1, -0.05) is 32.1 Å². The van der Waals surface area contributed by atoms with Crippen LogP contribution in [0.2, 0.25) is 0 Å². The number of hydrogen-bond donors (Lipinski definition) is 3. The zero-order valence-corrected chi connectivity index (χ0v) is 10.6. The molecule has 5 nitrogen and oxygen atoms in total. The van der Waals surface area contributed by atoms with Crippen molar-refractivity contribution >= 4 is 11.9 Å². The molecule has 17 heavy (non-hydrogen) atoms. The third-order valence-corrected chi connectivity index (χ3v) is 3.34. The summed E-state index contributed by atoms with van der Waals surface area (Å²) < 4.78 is 4.89. The lowest BCUT2D eigenvalue weighted by molar-refractivity contribution is 0.140. The van der Waals surface area contributed by atoms with E-state index >= 15 is 0 Å². The third kappa shape index (κ3) is 3.91. The molecule has 0 aromatic rings. The molecular weight excluding hydrogens is 218 g/mol. The van der Waals surface area contributed by atoms with E-state index in [9.17, 15) is 4.79 Å². The number of ether oxygens (including phenoxy) is 1. The Balaban J connectivity index is 2.71. The Morgan fingerprint density at radius 1 is 1.29 bits per heavy atom. The molecule has 1 amide bonds. The summed E-state index contributed by atoms with van der Waals surface area (Å²) in [7, 11) is 0. The number of amides is 1. The zero-order valence-electron chi connectivity index (χ0n) is 10.6. The Hall–Kier alpha value is -1.26. The zero-order chi connectivity index (χ0) is 12.7. The second-order valence-corrected chi connectivity index (χ2v) is 4.61. The second-order valence-electron chi connectivity index (χ2n) is 4.61. The number of nitrogens with two attached hydrogens (primary N) is 1. The number of rotatable bonds is 3. The van der Waals surface area contributed by atoms with Crippen molar-refractivity contribution < 1.29 is 9.53 Å². The maximum Gasteiger partial charge on any atom is 0.407 e. The van der Waals surface area contributed by atoms with Crippen molar-refractivity contribution in [2.24, 2.45) is 5.73 Å². The molecule has 0 saturated heterocycles. The molecule has 0 bridgehead atoms. The lowest BCUT2D eigenvalue weighted by atomic mass is 9.83. The number of hydrogen-bond acceptors (Lipinski definition) is 3. The van der Waals surface area contributed by atoms with Crippen molar-refractivity contribution in [3.8, 4) is 0 Å². The molecule has 5 heteroatoms. The van der Waals surface area contributed by atoms with E-state index in [0.717, 1.165) is 38.5 Å². The van der Waals surface area contributed by atoms with Gasteiger partial charge in [-0.05, 0) is 19.8 Å². The van der Waals surface area contributed by atoms with Gasteiger partial charge >= 0.3 is 6.09 Å². The summed E-state index contributed by atoms with van der Waals surface area (Å²) in [6.45, 7) is 2.10. The van der Waals surface area contributed by atoms with Gasteiger partial charge in [0.05, 0.1) is 12.1 Å². The van der Waals surface area contributed by atoms with Gasteiger partial charge in [0.15, 0.2) is 0 Å². The van der Waals surface area contributed by atoms with Crippen LogP contribution < -0.4 is 11.1 Å². The predicted molar refractivity (Wildman–Crippen MR) is 67.1 cm³/mol. The van der Waals surface area contributed by atoms with E-state index in [1.54, 1.807) is 6.92 Å². The average molecular weight is 241 g/mol. The molecule has 0 aromatic heterocycles. The summed E-state index contributed by atoms with van der Waals surface area (Å²) >= 11 is 0. The van der Waals surface area contributed by atoms with Gasteiger partial charge in [0.25, 0.3) is 0 Å². The van der Waals surface area contributed by atoms with Crippen molar-refractivity contribution in [3.63, 3.8) is 0 Å². The average Bonchev–Trinajstić information content (AvgIpc) is 2.22. The molecular formula is C12H23N3O2. The molecule has 0 heterocycles. The maximum absolute atomic E-state index is 11.5. The predicted octanol–water partition coefficient (Wildman–Crippen LogP) is 2.15. The molecule has 0 atom stereocenters. The molecule has 0 radical (unpaired) electrons. The fourth-order valence-corrected chi connectivity index (χ4v) is 2.33. The van der Waals surface area contributed by atoms with Crippen LogP contribution in [0.1, 0.15) is 51.9 Å². The minimum Gasteiger partial charge on any atom is -0.450 e. The highest BCUT2D eigenvalue weighted by molar-refractivity contribution is 5.90. The SMILES string of the molecule is CCOC(=O)NC1(C(=N)N)CCCCCCC1. The first-order chi connectivity index (χ1) is 8.10. The van der Waals surface area contributed by atoms with E-state index in [1.165, 1.54) is 6.42 Å². The number of alkyl carbamates (subject to hydrolysis) is 1. The monoisotopic (exact) mass is 241 g/mol. The fraction of sp³-hybridized carbons (Fsp3) is 0.833. The molecule has 0 spiro atoms. The summed E-state index contributed by atoms with van der Waals surface area (Å²) in [4.78, 5) is 11.5. The lowest BCUT2D eigenvalue weighted by Crippen LogP contribution is -2.57. The minimum atomic E-state index is -0.688. The molecule has 98 valence electrons. The van der Waals surface area contributed by atoms with Gasteiger partial charge in [-0.2, -0.15) is 0 Å². The number of amidine groups is 1. The van der Waals surface area contributed by atoms with Crippen LogP contribution in [0.25, 0.3) is 0 Å². The summed E-state index contributed by atoms with van der Waals surface area (Å²) in [5.74, 6) is 0.0486. The lowest BCUT2D eigenvalue weighted by Gasteiger charge is -2.34. The Labute approximate surface area is 103 Å². The molecule has 4 N–H and O–H groups in total. The van der Waals surface area contributed by atoms with Crippen molar-refractivity contribution in [3.05, 3.63) is 0 Å². The van der Waals surface area contributed by atoms with E-state index in [2.05, 4.69) is 5.32 Å². The van der Waals surface area contributed by atoms with Crippen LogP contribution in [0.3, 0.4) is 0 Å². The van der Waals surface area contributed by atoms with Gasteiger partial charge < -0.3 is 15.8 Å². The van der Waals surface area contributed by atoms with Crippen LogP contribution >= 0.6 is 0 Å². The van der Waals surface area contributed by atoms with Crippen molar-refractivity contribution in [2.45, 2.75) is 57.4 Å². The first-order valence-corrected chi connectivity index (χ1v) is 6.40. The van der Waals surface area contributed by atoms with E-state index in [4.69, 9.17) is 15.9 Å². The van der Waals surface area contributed by atoms with E-state index in [-0.39, 0.29) is 5.84 Å². The smallest absolute Gasteiger partial charge is 0.407 e. The minimum absolute atomic E-state index is 0.0486. The number of carbonyl (C=O) groups excluding carboxylic acids is 1. The molecule has 1 rings (SSSR count). The standard InChI is InChI=1S/C12H23N3O2/c1-2-17-11(16)15-12(10(13)14)8-6-4-3-5-7-9-12/h2-9H2,1H3,(H3,13,14)(H,15,16). The van der Waals surface area contributed by atoms with Crippen LogP contribution in [0.15, 0.2) is 0 Å². The molecule has 0 aromatic carbocycles. The second kappa shape index (κ2) is 6.47. The molecule has 0 unspecified atom stereocenters. The Morgan fingerprint density at radius 2 is 1.82 bits per heavy atom. The topological polar surface area (TPSA) is 88.2 Å². The first-order valence-electron chi connectivity index (χ1n) is 6.40. The summed E-state index contributed by atoms with van der Waals surface area (Å²) in [5, 5.41) is 10.5. The largest absolute Gasteiger partial charge is 0.450 e. The first kappa shape index (κ1) is 13.8. The molecule has 1 aliphatic carbocycles. The van der Waals surface area contributed by atoms with Gasteiger partial charge in [0, 0.05) is 0 Å².